The first-order valence-electron chi connectivity index (χ1n) is 7.19. The topological polar surface area (TPSA) is 32.3 Å². The summed E-state index contributed by atoms with van der Waals surface area (Å²) in [7, 11) is 0. The summed E-state index contributed by atoms with van der Waals surface area (Å²) < 4.78 is 0. The predicted molar refractivity (Wildman–Crippen MR) is 67.6 cm³/mol. The average Bonchev–Trinajstić information content (AvgIpc) is 2.89. The number of amides is 1. The van der Waals surface area contributed by atoms with Crippen molar-refractivity contribution >= 4 is 5.91 Å². The number of nitrogens with zero attached hydrogens (tertiary/aromatic N) is 1. The summed E-state index contributed by atoms with van der Waals surface area (Å²) in [6, 6.07) is 0. The molecular formula is C14H24N2O. The molecule has 0 spiro atoms. The number of hydrogen-bond donors (Lipinski definition) is 1. The molecule has 3 aliphatic rings. The monoisotopic (exact) mass is 236 g/mol. The Hall–Kier alpha value is -0.570. The van der Waals surface area contributed by atoms with Gasteiger partial charge in [-0.1, -0.05) is 6.42 Å². The summed E-state index contributed by atoms with van der Waals surface area (Å²) in [6.07, 6.45) is 6.29. The van der Waals surface area contributed by atoms with Gasteiger partial charge in [0.1, 0.15) is 0 Å². The predicted octanol–water partition coefficient (Wildman–Crippen LogP) is 1.63. The maximum absolute atomic E-state index is 12.6. The molecule has 96 valence electrons. The van der Waals surface area contributed by atoms with Crippen molar-refractivity contribution in [1.82, 2.24) is 10.2 Å². The van der Waals surface area contributed by atoms with E-state index < -0.39 is 0 Å². The van der Waals surface area contributed by atoms with Gasteiger partial charge >= 0.3 is 0 Å². The zero-order chi connectivity index (χ0) is 11.9. The Labute approximate surface area is 104 Å². The van der Waals surface area contributed by atoms with Crippen LogP contribution in [0.15, 0.2) is 0 Å². The molecule has 0 bridgehead atoms. The van der Waals surface area contributed by atoms with Crippen molar-refractivity contribution in [3.05, 3.63) is 0 Å². The lowest BCUT2D eigenvalue weighted by Crippen LogP contribution is -2.49. The zero-order valence-corrected chi connectivity index (χ0v) is 10.9. The van der Waals surface area contributed by atoms with Gasteiger partial charge in [-0.15, -0.1) is 0 Å². The molecule has 0 aromatic carbocycles. The van der Waals surface area contributed by atoms with Crippen LogP contribution < -0.4 is 5.32 Å². The van der Waals surface area contributed by atoms with Gasteiger partial charge in [0.25, 0.3) is 0 Å². The number of rotatable bonds is 1. The molecule has 2 aliphatic heterocycles. The highest BCUT2D eigenvalue weighted by Gasteiger charge is 2.44. The van der Waals surface area contributed by atoms with Crippen LogP contribution in [0.25, 0.3) is 0 Å². The molecule has 1 aliphatic carbocycles. The summed E-state index contributed by atoms with van der Waals surface area (Å²) in [6.45, 7) is 6.18. The van der Waals surface area contributed by atoms with Crippen molar-refractivity contribution in [2.45, 2.75) is 39.0 Å². The molecule has 3 nitrogen and oxygen atoms in total. The van der Waals surface area contributed by atoms with Crippen LogP contribution in [0.3, 0.4) is 0 Å². The van der Waals surface area contributed by atoms with Gasteiger partial charge in [-0.05, 0) is 51.0 Å². The lowest BCUT2D eigenvalue weighted by atomic mass is 9.81. The van der Waals surface area contributed by atoms with Crippen LogP contribution in [0, 0.1) is 17.3 Å². The van der Waals surface area contributed by atoms with Crippen LogP contribution in [0.2, 0.25) is 0 Å². The quantitative estimate of drug-likeness (QED) is 0.750. The van der Waals surface area contributed by atoms with Crippen LogP contribution in [0.4, 0.5) is 0 Å². The Morgan fingerprint density at radius 3 is 2.53 bits per heavy atom. The Bertz CT molecular complexity index is 297. The normalized spacial score (nSPS) is 41.6. The Kier molecular flexibility index (Phi) is 2.89. The standard InChI is InChI=1S/C14H24N2O/c1-14(6-3-7-15-10-14)13(17)16-8-11-4-2-5-12(11)9-16/h11-12,15H,2-10H2,1H3. The second kappa shape index (κ2) is 4.27. The molecule has 0 aromatic heterocycles. The highest BCUT2D eigenvalue weighted by atomic mass is 16.2. The van der Waals surface area contributed by atoms with Gasteiger partial charge in [0.05, 0.1) is 5.41 Å². The summed E-state index contributed by atoms with van der Waals surface area (Å²) in [5.41, 5.74) is -0.128. The number of fused-ring (bicyclic) bond motifs is 1. The van der Waals surface area contributed by atoms with E-state index in [1.54, 1.807) is 0 Å². The Morgan fingerprint density at radius 1 is 1.24 bits per heavy atom. The molecule has 17 heavy (non-hydrogen) atoms. The minimum absolute atomic E-state index is 0.128. The highest BCUT2D eigenvalue weighted by Crippen LogP contribution is 2.40. The van der Waals surface area contributed by atoms with E-state index in [0.717, 1.165) is 50.9 Å². The van der Waals surface area contributed by atoms with Crippen molar-refractivity contribution < 1.29 is 4.79 Å². The molecule has 1 amide bonds. The Morgan fingerprint density at radius 2 is 1.94 bits per heavy atom. The molecule has 0 aromatic rings. The zero-order valence-electron chi connectivity index (χ0n) is 10.9. The molecule has 1 N–H and O–H groups in total. The van der Waals surface area contributed by atoms with Crippen LogP contribution in [0.5, 0.6) is 0 Å². The second-order valence-corrected chi connectivity index (χ2v) is 6.50. The number of carbonyl (C=O) groups excluding carboxylic acids is 1. The van der Waals surface area contributed by atoms with E-state index >= 15 is 0 Å². The minimum atomic E-state index is -0.128. The average molecular weight is 236 g/mol. The fraction of sp³-hybridized carbons (Fsp3) is 0.929. The molecule has 3 rings (SSSR count). The van der Waals surface area contributed by atoms with Gasteiger partial charge in [-0.3, -0.25) is 4.79 Å². The summed E-state index contributed by atoms with van der Waals surface area (Å²) in [5, 5.41) is 3.38. The maximum Gasteiger partial charge on any atom is 0.229 e. The van der Waals surface area contributed by atoms with Gasteiger partial charge in [0.2, 0.25) is 5.91 Å². The number of nitrogens with one attached hydrogen (secondary N) is 1. The molecule has 0 radical (unpaired) electrons. The first kappa shape index (κ1) is 11.5. The van der Waals surface area contributed by atoms with E-state index in [1.165, 1.54) is 19.3 Å². The Balaban J connectivity index is 1.66. The van der Waals surface area contributed by atoms with E-state index in [4.69, 9.17) is 0 Å². The summed E-state index contributed by atoms with van der Waals surface area (Å²) in [4.78, 5) is 14.8. The van der Waals surface area contributed by atoms with Gasteiger partial charge in [0.15, 0.2) is 0 Å². The molecule has 2 saturated heterocycles. The minimum Gasteiger partial charge on any atom is -0.342 e. The van der Waals surface area contributed by atoms with E-state index in [9.17, 15) is 4.79 Å². The first-order chi connectivity index (χ1) is 8.19. The largest absolute Gasteiger partial charge is 0.342 e. The van der Waals surface area contributed by atoms with Crippen LogP contribution in [-0.2, 0) is 4.79 Å². The van der Waals surface area contributed by atoms with Crippen LogP contribution in [0.1, 0.15) is 39.0 Å². The lowest BCUT2D eigenvalue weighted by Gasteiger charge is -2.36. The summed E-state index contributed by atoms with van der Waals surface area (Å²) in [5.74, 6) is 2.05. The van der Waals surface area contributed by atoms with Gasteiger partial charge in [-0.25, -0.2) is 0 Å². The first-order valence-corrected chi connectivity index (χ1v) is 7.19. The number of likely N-dealkylation sites (tertiary alicyclic amines) is 1. The number of piperidine rings is 1. The molecule has 3 unspecified atom stereocenters. The van der Waals surface area contributed by atoms with Crippen LogP contribution in [-0.4, -0.2) is 37.0 Å². The van der Waals surface area contributed by atoms with Gasteiger partial charge < -0.3 is 10.2 Å². The number of hydrogen-bond acceptors (Lipinski definition) is 2. The fourth-order valence-corrected chi connectivity index (χ4v) is 4.02. The molecular weight excluding hydrogens is 212 g/mol. The van der Waals surface area contributed by atoms with E-state index in [-0.39, 0.29) is 5.41 Å². The number of carbonyl (C=O) groups is 1. The SMILES string of the molecule is CC1(C(=O)N2CC3CCCC3C2)CCCNC1. The molecule has 3 atom stereocenters. The molecule has 3 heteroatoms. The smallest absolute Gasteiger partial charge is 0.229 e. The van der Waals surface area contributed by atoms with Gasteiger partial charge in [0, 0.05) is 19.6 Å². The van der Waals surface area contributed by atoms with Gasteiger partial charge in [-0.2, -0.15) is 0 Å². The van der Waals surface area contributed by atoms with E-state index in [1.807, 2.05) is 0 Å². The van der Waals surface area contributed by atoms with Crippen molar-refractivity contribution in [3.8, 4) is 0 Å². The third-order valence-electron chi connectivity index (χ3n) is 5.13. The van der Waals surface area contributed by atoms with Crippen molar-refractivity contribution in [2.24, 2.45) is 17.3 Å². The third kappa shape index (κ3) is 1.99. The maximum atomic E-state index is 12.6. The molecule has 2 heterocycles. The molecule has 1 saturated carbocycles. The van der Waals surface area contributed by atoms with Crippen LogP contribution >= 0.6 is 0 Å². The highest BCUT2D eigenvalue weighted by molar-refractivity contribution is 5.83. The lowest BCUT2D eigenvalue weighted by molar-refractivity contribution is -0.141. The van der Waals surface area contributed by atoms with E-state index in [2.05, 4.69) is 17.1 Å². The third-order valence-corrected chi connectivity index (χ3v) is 5.13. The summed E-state index contributed by atoms with van der Waals surface area (Å²) >= 11 is 0. The van der Waals surface area contributed by atoms with Crippen molar-refractivity contribution in [1.29, 1.82) is 0 Å². The van der Waals surface area contributed by atoms with E-state index in [0.29, 0.717) is 5.91 Å². The van der Waals surface area contributed by atoms with Crippen molar-refractivity contribution in [2.75, 3.05) is 26.2 Å². The second-order valence-electron chi connectivity index (χ2n) is 6.50. The van der Waals surface area contributed by atoms with Crippen molar-refractivity contribution in [3.63, 3.8) is 0 Å². The molecule has 3 fully saturated rings. The fourth-order valence-electron chi connectivity index (χ4n) is 4.02.